The third-order valence-electron chi connectivity index (χ3n) is 3.35. The van der Waals surface area contributed by atoms with Crippen LogP contribution in [0.5, 0.6) is 0 Å². The predicted octanol–water partition coefficient (Wildman–Crippen LogP) is 2.13. The molecular weight excluding hydrogens is 244 g/mol. The van der Waals surface area contributed by atoms with Crippen molar-refractivity contribution < 1.29 is 4.42 Å². The number of rotatable bonds is 0. The van der Waals surface area contributed by atoms with Crippen LogP contribution in [0.1, 0.15) is 0 Å². The van der Waals surface area contributed by atoms with Gasteiger partial charge in [0.15, 0.2) is 0 Å². The van der Waals surface area contributed by atoms with Gasteiger partial charge < -0.3 is 4.42 Å². The van der Waals surface area contributed by atoms with Gasteiger partial charge in [0.25, 0.3) is 0 Å². The Morgan fingerprint density at radius 2 is 1.05 bits per heavy atom. The Balaban J connectivity index is 2.06. The summed E-state index contributed by atoms with van der Waals surface area (Å²) in [7, 11) is 0. The van der Waals surface area contributed by atoms with Gasteiger partial charge in [-0.3, -0.25) is 0 Å². The lowest BCUT2D eigenvalue weighted by molar-refractivity contribution is 0.670. The van der Waals surface area contributed by atoms with Gasteiger partial charge in [0.2, 0.25) is 0 Å². The monoisotopic (exact) mass is 250 g/mol. The molecule has 5 aromatic rings. The van der Waals surface area contributed by atoms with E-state index in [9.17, 15) is 0 Å². The quantitative estimate of drug-likeness (QED) is 0.439. The molecule has 0 atom stereocenters. The molecule has 0 bridgehead atoms. The van der Waals surface area contributed by atoms with Gasteiger partial charge in [-0.25, -0.2) is 0 Å². The molecule has 0 aliphatic carbocycles. The zero-order valence-electron chi connectivity index (χ0n) is 9.51. The Labute approximate surface area is 104 Å². The van der Waals surface area contributed by atoms with Crippen LogP contribution >= 0.6 is 0 Å². The molecule has 5 rings (SSSR count). The largest absolute Gasteiger partial charge is 0.456 e. The van der Waals surface area contributed by atoms with Crippen molar-refractivity contribution in [2.75, 3.05) is 0 Å². The van der Waals surface area contributed by atoms with Crippen LogP contribution in [0.2, 0.25) is 0 Å². The summed E-state index contributed by atoms with van der Waals surface area (Å²) in [6.45, 7) is 0. The number of fused-ring (bicyclic) bond motifs is 5. The lowest BCUT2D eigenvalue weighted by Gasteiger charge is -1.89. The highest BCUT2D eigenvalue weighted by Gasteiger charge is 2.12. The number of nitrogens with one attached hydrogen (secondary N) is 2. The first-order chi connectivity index (χ1) is 9.38. The van der Waals surface area contributed by atoms with E-state index in [-0.39, 0.29) is 0 Å². The van der Waals surface area contributed by atoms with Gasteiger partial charge in [-0.2, -0.15) is 30.8 Å². The summed E-state index contributed by atoms with van der Waals surface area (Å²) in [5.41, 5.74) is 4.78. The Morgan fingerprint density at radius 3 is 1.53 bits per heavy atom. The zero-order chi connectivity index (χ0) is 12.4. The Bertz CT molecular complexity index is 984. The van der Waals surface area contributed by atoms with Crippen molar-refractivity contribution in [3.8, 4) is 0 Å². The molecule has 0 saturated heterocycles. The number of aromatic amines is 2. The molecule has 90 valence electrons. The predicted molar refractivity (Wildman–Crippen MR) is 68.6 cm³/mol. The van der Waals surface area contributed by atoms with E-state index in [1.807, 2.05) is 24.3 Å². The number of hydrogen-bond acceptors (Lipinski definition) is 5. The van der Waals surface area contributed by atoms with Gasteiger partial charge in [-0.15, -0.1) is 0 Å². The molecule has 0 radical (unpaired) electrons. The van der Waals surface area contributed by atoms with Crippen molar-refractivity contribution in [3.05, 3.63) is 24.3 Å². The Kier molecular flexibility index (Phi) is 1.37. The van der Waals surface area contributed by atoms with Gasteiger partial charge in [-0.05, 0) is 12.1 Å². The van der Waals surface area contributed by atoms with E-state index in [0.717, 1.165) is 44.0 Å². The second-order valence-corrected chi connectivity index (χ2v) is 4.42. The second-order valence-electron chi connectivity index (χ2n) is 4.42. The van der Waals surface area contributed by atoms with Crippen LogP contribution < -0.4 is 0 Å². The zero-order valence-corrected chi connectivity index (χ0v) is 9.51. The van der Waals surface area contributed by atoms with E-state index in [2.05, 4.69) is 30.8 Å². The van der Waals surface area contributed by atoms with Gasteiger partial charge in [0, 0.05) is 22.9 Å². The fourth-order valence-electron chi connectivity index (χ4n) is 2.45. The number of H-pyrrole nitrogens is 2. The van der Waals surface area contributed by atoms with E-state index in [1.165, 1.54) is 0 Å². The highest BCUT2D eigenvalue weighted by atomic mass is 16.3. The highest BCUT2D eigenvalue weighted by Crippen LogP contribution is 2.32. The molecule has 0 saturated carbocycles. The summed E-state index contributed by atoms with van der Waals surface area (Å²) >= 11 is 0. The smallest absolute Gasteiger partial charge is 0.137 e. The third kappa shape index (κ3) is 1.06. The topological polar surface area (TPSA) is 96.3 Å². The fourth-order valence-corrected chi connectivity index (χ4v) is 2.45. The molecule has 3 aromatic heterocycles. The van der Waals surface area contributed by atoms with Crippen molar-refractivity contribution in [2.24, 2.45) is 0 Å². The van der Waals surface area contributed by atoms with Crippen LogP contribution in [0.15, 0.2) is 28.7 Å². The van der Waals surface area contributed by atoms with E-state index in [0.29, 0.717) is 0 Å². The van der Waals surface area contributed by atoms with Crippen LogP contribution in [0, 0.1) is 0 Å². The molecule has 0 aliphatic heterocycles. The summed E-state index contributed by atoms with van der Waals surface area (Å²) < 4.78 is 5.84. The molecule has 19 heavy (non-hydrogen) atoms. The molecule has 0 spiro atoms. The molecule has 0 aliphatic rings. The summed E-state index contributed by atoms with van der Waals surface area (Å²) in [5.74, 6) is 0. The van der Waals surface area contributed by atoms with Crippen LogP contribution in [0.3, 0.4) is 0 Å². The summed E-state index contributed by atoms with van der Waals surface area (Å²) in [6, 6.07) is 7.69. The highest BCUT2D eigenvalue weighted by molar-refractivity contribution is 6.11. The lowest BCUT2D eigenvalue weighted by Crippen LogP contribution is -1.72. The first kappa shape index (κ1) is 9.03. The van der Waals surface area contributed by atoms with E-state index < -0.39 is 0 Å². The maximum absolute atomic E-state index is 5.84. The molecule has 0 unspecified atom stereocenters. The molecule has 2 aromatic carbocycles. The number of nitrogens with zero attached hydrogens (tertiary/aromatic N) is 4. The Hall–Kier alpha value is -2.96. The van der Waals surface area contributed by atoms with Crippen molar-refractivity contribution in [3.63, 3.8) is 0 Å². The van der Waals surface area contributed by atoms with Gasteiger partial charge >= 0.3 is 0 Å². The summed E-state index contributed by atoms with van der Waals surface area (Å²) in [6.07, 6.45) is 0. The minimum atomic E-state index is 0.785. The van der Waals surface area contributed by atoms with Gasteiger partial charge in [0.05, 0.1) is 0 Å². The van der Waals surface area contributed by atoms with Gasteiger partial charge in [0.1, 0.15) is 33.2 Å². The molecule has 3 heterocycles. The minimum absolute atomic E-state index is 0.785. The van der Waals surface area contributed by atoms with Gasteiger partial charge in [-0.1, -0.05) is 0 Å². The number of aromatic nitrogens is 6. The molecule has 7 nitrogen and oxygen atoms in total. The van der Waals surface area contributed by atoms with Crippen LogP contribution in [0.4, 0.5) is 0 Å². The van der Waals surface area contributed by atoms with E-state index >= 15 is 0 Å². The third-order valence-corrected chi connectivity index (χ3v) is 3.35. The lowest BCUT2D eigenvalue weighted by atomic mass is 10.1. The number of furan rings is 1. The number of hydrogen-bond donors (Lipinski definition) is 2. The first-order valence-electron chi connectivity index (χ1n) is 5.76. The molecule has 2 N–H and O–H groups in total. The minimum Gasteiger partial charge on any atom is -0.456 e. The average molecular weight is 250 g/mol. The number of benzene rings is 2. The fraction of sp³-hybridized carbons (Fsp3) is 0. The standard InChI is InChI=1S/C12H6N6O/c1-5-6-2-8-10(16-18-14-8)4-12(6)19-11(5)3-9-7(1)13-17-15-9/h1-4H,(H,13,15,17)(H,14,16,18). The van der Waals surface area contributed by atoms with Crippen LogP contribution in [-0.4, -0.2) is 30.8 Å². The maximum atomic E-state index is 5.84. The molecular formula is C12H6N6O. The van der Waals surface area contributed by atoms with Crippen molar-refractivity contribution in [1.29, 1.82) is 0 Å². The second kappa shape index (κ2) is 2.89. The first-order valence-corrected chi connectivity index (χ1v) is 5.76. The van der Waals surface area contributed by atoms with Crippen molar-refractivity contribution in [2.45, 2.75) is 0 Å². The van der Waals surface area contributed by atoms with E-state index in [4.69, 9.17) is 4.42 Å². The van der Waals surface area contributed by atoms with E-state index in [1.54, 1.807) is 0 Å². The average Bonchev–Trinajstić information content (AvgIpc) is 3.10. The van der Waals surface area contributed by atoms with Crippen molar-refractivity contribution in [1.82, 2.24) is 30.8 Å². The Morgan fingerprint density at radius 1 is 0.632 bits per heavy atom. The SMILES string of the molecule is c1c2n[nH]nc2cc2c1oc1cc3n[nH]nc3cc12. The van der Waals surface area contributed by atoms with Crippen LogP contribution in [0.25, 0.3) is 44.0 Å². The van der Waals surface area contributed by atoms with Crippen molar-refractivity contribution >= 4 is 44.0 Å². The summed E-state index contributed by atoms with van der Waals surface area (Å²) in [5, 5.41) is 23.5. The molecule has 7 heteroatoms. The normalized spacial score (nSPS) is 12.2. The molecule has 0 amide bonds. The molecule has 0 fully saturated rings. The maximum Gasteiger partial charge on any atom is 0.137 e. The summed E-state index contributed by atoms with van der Waals surface area (Å²) in [4.78, 5) is 0. The van der Waals surface area contributed by atoms with Crippen LogP contribution in [-0.2, 0) is 0 Å².